The summed E-state index contributed by atoms with van der Waals surface area (Å²) in [7, 11) is 3.18. The number of benzene rings is 2. The molecule has 0 bridgehead atoms. The molecule has 0 unspecified atom stereocenters. The summed E-state index contributed by atoms with van der Waals surface area (Å²) in [6, 6.07) is 13.1. The number of hydrogen-bond acceptors (Lipinski definition) is 5. The summed E-state index contributed by atoms with van der Waals surface area (Å²) < 4.78 is 10.7. The molecular weight excluding hydrogens is 382 g/mol. The topological polar surface area (TPSA) is 80.2 Å². The lowest BCUT2D eigenvalue weighted by Gasteiger charge is -2.24. The van der Waals surface area contributed by atoms with Crippen molar-refractivity contribution in [1.29, 1.82) is 0 Å². The van der Waals surface area contributed by atoms with E-state index in [0.29, 0.717) is 36.6 Å². The van der Waals surface area contributed by atoms with E-state index >= 15 is 0 Å². The largest absolute Gasteiger partial charge is 0.493 e. The second-order valence-corrected chi connectivity index (χ2v) is 7.41. The van der Waals surface area contributed by atoms with Gasteiger partial charge in [-0.3, -0.25) is 9.59 Å². The van der Waals surface area contributed by atoms with Gasteiger partial charge in [0.2, 0.25) is 11.8 Å². The molecule has 0 aliphatic carbocycles. The van der Waals surface area contributed by atoms with Crippen LogP contribution < -0.4 is 14.8 Å². The van der Waals surface area contributed by atoms with E-state index in [-0.39, 0.29) is 17.7 Å². The molecule has 0 aromatic heterocycles. The van der Waals surface area contributed by atoms with Crippen LogP contribution in [0, 0.1) is 5.92 Å². The van der Waals surface area contributed by atoms with Crippen LogP contribution in [0.3, 0.4) is 0 Å². The van der Waals surface area contributed by atoms with E-state index in [4.69, 9.17) is 9.47 Å². The van der Waals surface area contributed by atoms with Crippen molar-refractivity contribution in [2.75, 3.05) is 19.5 Å². The van der Waals surface area contributed by atoms with Crippen molar-refractivity contribution in [3.63, 3.8) is 0 Å². The smallest absolute Gasteiger partial charge is 0.243 e. The highest BCUT2D eigenvalue weighted by atomic mass is 16.5. The first-order chi connectivity index (χ1) is 14.4. The number of nitrogens with one attached hydrogen (secondary N) is 1. The zero-order valence-electron chi connectivity index (χ0n) is 17.8. The molecule has 2 amide bonds. The minimum Gasteiger partial charge on any atom is -0.493 e. The summed E-state index contributed by atoms with van der Waals surface area (Å²) in [5.41, 5.74) is 3.31. The standard InChI is InChI=1S/C23H27N3O4/c1-15(2)23(28)24-18-7-5-6-16(12-18)14-26-22(27)11-9-19(25-26)17-8-10-20(29-3)21(13-17)30-4/h5-8,10,12-13,15H,9,11,14H2,1-4H3,(H,24,28). The molecule has 0 fully saturated rings. The number of hydrogen-bond donors (Lipinski definition) is 1. The Labute approximate surface area is 176 Å². The Morgan fingerprint density at radius 2 is 1.87 bits per heavy atom. The molecule has 7 nitrogen and oxygen atoms in total. The van der Waals surface area contributed by atoms with Gasteiger partial charge in [0.25, 0.3) is 0 Å². The number of methoxy groups -OCH3 is 2. The highest BCUT2D eigenvalue weighted by Crippen LogP contribution is 2.29. The minimum atomic E-state index is -0.106. The van der Waals surface area contributed by atoms with E-state index in [1.165, 1.54) is 5.01 Å². The second-order valence-electron chi connectivity index (χ2n) is 7.41. The highest BCUT2D eigenvalue weighted by Gasteiger charge is 2.22. The first-order valence-corrected chi connectivity index (χ1v) is 9.91. The maximum atomic E-state index is 12.5. The Bertz CT molecular complexity index is 969. The Morgan fingerprint density at radius 3 is 2.57 bits per heavy atom. The lowest BCUT2D eigenvalue weighted by molar-refractivity contribution is -0.132. The third kappa shape index (κ3) is 4.97. The van der Waals surface area contributed by atoms with E-state index in [1.54, 1.807) is 14.2 Å². The maximum Gasteiger partial charge on any atom is 0.243 e. The molecule has 0 spiro atoms. The van der Waals surface area contributed by atoms with Gasteiger partial charge in [-0.25, -0.2) is 5.01 Å². The number of nitrogens with zero attached hydrogens (tertiary/aromatic N) is 2. The summed E-state index contributed by atoms with van der Waals surface area (Å²) in [5.74, 6) is 1.08. The number of carbonyl (C=O) groups is 2. The van der Waals surface area contributed by atoms with Crippen molar-refractivity contribution >= 4 is 23.2 Å². The lowest BCUT2D eigenvalue weighted by atomic mass is 10.0. The molecule has 1 aliphatic rings. The summed E-state index contributed by atoms with van der Waals surface area (Å²) in [5, 5.41) is 8.96. The molecule has 0 radical (unpaired) electrons. The predicted octanol–water partition coefficient (Wildman–Crippen LogP) is 3.83. The minimum absolute atomic E-state index is 0.0316. The van der Waals surface area contributed by atoms with Crippen molar-refractivity contribution in [3.05, 3.63) is 53.6 Å². The van der Waals surface area contributed by atoms with Gasteiger partial charge in [0.05, 0.1) is 26.5 Å². The molecule has 2 aromatic rings. The predicted molar refractivity (Wildman–Crippen MR) is 116 cm³/mol. The Kier molecular flexibility index (Phi) is 6.72. The van der Waals surface area contributed by atoms with Crippen LogP contribution >= 0.6 is 0 Å². The van der Waals surface area contributed by atoms with Crippen LogP contribution in [0.5, 0.6) is 11.5 Å². The van der Waals surface area contributed by atoms with Crippen molar-refractivity contribution in [3.8, 4) is 11.5 Å². The zero-order chi connectivity index (χ0) is 21.7. The quantitative estimate of drug-likeness (QED) is 0.754. The molecule has 1 aliphatic heterocycles. The van der Waals surface area contributed by atoms with Crippen LogP contribution in [-0.4, -0.2) is 36.8 Å². The summed E-state index contributed by atoms with van der Waals surface area (Å²) in [6.45, 7) is 4.02. The summed E-state index contributed by atoms with van der Waals surface area (Å²) >= 11 is 0. The number of rotatable bonds is 7. The molecule has 1 heterocycles. The van der Waals surface area contributed by atoms with E-state index in [0.717, 1.165) is 16.8 Å². The Hall–Kier alpha value is -3.35. The summed E-state index contributed by atoms with van der Waals surface area (Å²) in [4.78, 5) is 24.4. The van der Waals surface area contributed by atoms with Gasteiger partial charge in [-0.05, 0) is 35.9 Å². The molecule has 1 N–H and O–H groups in total. The number of ether oxygens (including phenoxy) is 2. The zero-order valence-corrected chi connectivity index (χ0v) is 17.8. The first-order valence-electron chi connectivity index (χ1n) is 9.91. The van der Waals surface area contributed by atoms with Gasteiger partial charge < -0.3 is 14.8 Å². The monoisotopic (exact) mass is 409 g/mol. The highest BCUT2D eigenvalue weighted by molar-refractivity contribution is 6.04. The molecule has 30 heavy (non-hydrogen) atoms. The molecule has 3 rings (SSSR count). The van der Waals surface area contributed by atoms with Gasteiger partial charge >= 0.3 is 0 Å². The van der Waals surface area contributed by atoms with Gasteiger partial charge in [0.15, 0.2) is 11.5 Å². The fourth-order valence-electron chi connectivity index (χ4n) is 3.15. The maximum absolute atomic E-state index is 12.5. The van der Waals surface area contributed by atoms with Gasteiger partial charge in [-0.2, -0.15) is 5.10 Å². The number of hydrazone groups is 1. The molecule has 7 heteroatoms. The van der Waals surface area contributed by atoms with Gasteiger partial charge in [-0.1, -0.05) is 26.0 Å². The lowest BCUT2D eigenvalue weighted by Crippen LogP contribution is -2.31. The molecule has 0 saturated carbocycles. The van der Waals surface area contributed by atoms with Crippen molar-refractivity contribution in [2.45, 2.75) is 33.2 Å². The molecular formula is C23H27N3O4. The summed E-state index contributed by atoms with van der Waals surface area (Å²) in [6.07, 6.45) is 0.951. The van der Waals surface area contributed by atoms with Gasteiger partial charge in [0.1, 0.15) is 0 Å². The Morgan fingerprint density at radius 1 is 1.10 bits per heavy atom. The third-order valence-corrected chi connectivity index (χ3v) is 4.87. The van der Waals surface area contributed by atoms with Crippen LogP contribution in [0.25, 0.3) is 0 Å². The molecule has 158 valence electrons. The van der Waals surface area contributed by atoms with Crippen LogP contribution in [-0.2, 0) is 16.1 Å². The number of amides is 2. The van der Waals surface area contributed by atoms with E-state index < -0.39 is 0 Å². The van der Waals surface area contributed by atoms with Crippen LogP contribution in [0.4, 0.5) is 5.69 Å². The van der Waals surface area contributed by atoms with Crippen molar-refractivity contribution in [2.24, 2.45) is 11.0 Å². The third-order valence-electron chi connectivity index (χ3n) is 4.87. The fourth-order valence-corrected chi connectivity index (χ4v) is 3.15. The van der Waals surface area contributed by atoms with Crippen molar-refractivity contribution < 1.29 is 19.1 Å². The van der Waals surface area contributed by atoms with Crippen LogP contribution in [0.2, 0.25) is 0 Å². The molecule has 0 atom stereocenters. The average Bonchev–Trinajstić information content (AvgIpc) is 2.75. The normalized spacial score (nSPS) is 13.8. The number of carbonyl (C=O) groups excluding carboxylic acids is 2. The van der Waals surface area contributed by atoms with Crippen LogP contribution in [0.15, 0.2) is 47.6 Å². The SMILES string of the molecule is COc1ccc(C2=NN(Cc3cccc(NC(=O)C(C)C)c3)C(=O)CC2)cc1OC. The Balaban J connectivity index is 1.81. The van der Waals surface area contributed by atoms with Crippen molar-refractivity contribution in [1.82, 2.24) is 5.01 Å². The van der Waals surface area contributed by atoms with Gasteiger partial charge in [-0.15, -0.1) is 0 Å². The van der Waals surface area contributed by atoms with Crippen LogP contribution in [0.1, 0.15) is 37.8 Å². The molecule has 2 aromatic carbocycles. The average molecular weight is 409 g/mol. The van der Waals surface area contributed by atoms with Gasteiger partial charge in [0, 0.05) is 30.0 Å². The second kappa shape index (κ2) is 9.43. The fraction of sp³-hybridized carbons (Fsp3) is 0.348. The number of anilines is 1. The van der Waals surface area contributed by atoms with E-state index in [1.807, 2.05) is 56.3 Å². The first kappa shape index (κ1) is 21.4. The van der Waals surface area contributed by atoms with E-state index in [2.05, 4.69) is 10.4 Å². The molecule has 0 saturated heterocycles. The van der Waals surface area contributed by atoms with E-state index in [9.17, 15) is 9.59 Å².